The molecule has 0 unspecified atom stereocenters. The van der Waals surface area contributed by atoms with Crippen LogP contribution in [0.3, 0.4) is 0 Å². The predicted octanol–water partition coefficient (Wildman–Crippen LogP) is 2.79. The van der Waals surface area contributed by atoms with Crippen molar-refractivity contribution in [2.24, 2.45) is 0 Å². The van der Waals surface area contributed by atoms with Crippen LogP contribution in [0.15, 0.2) is 41.3 Å². The normalized spacial score (nSPS) is 16.0. The van der Waals surface area contributed by atoms with Crippen molar-refractivity contribution in [3.63, 3.8) is 0 Å². The average molecular weight is 402 g/mol. The molecule has 1 heterocycles. The Morgan fingerprint density at radius 2 is 1.86 bits per heavy atom. The summed E-state index contributed by atoms with van der Waals surface area (Å²) in [5.41, 5.74) is 3.08. The van der Waals surface area contributed by atoms with Gasteiger partial charge in [-0.15, -0.1) is 0 Å². The standard InChI is InChI=1S/C20H22N2O5S/c1-12-9-14(28(25,26)22(3)4)10-17(13(12)2)21-19(23)11-18-15-7-5-6-8-16(15)20(24)27-18/h5-10,18H,11H2,1-4H3,(H,21,23)/t18-/m1/s1. The Labute approximate surface area is 164 Å². The maximum atomic E-state index is 12.6. The number of amides is 1. The van der Waals surface area contributed by atoms with E-state index in [2.05, 4.69) is 5.32 Å². The lowest BCUT2D eigenvalue weighted by atomic mass is 10.0. The molecule has 28 heavy (non-hydrogen) atoms. The molecule has 148 valence electrons. The molecule has 1 atom stereocenters. The fraction of sp³-hybridized carbons (Fsp3) is 0.300. The number of rotatable bonds is 5. The number of anilines is 1. The zero-order valence-corrected chi connectivity index (χ0v) is 17.0. The third kappa shape index (κ3) is 3.65. The first-order valence-electron chi connectivity index (χ1n) is 8.75. The molecule has 1 N–H and O–H groups in total. The third-order valence-corrected chi connectivity index (χ3v) is 6.63. The van der Waals surface area contributed by atoms with E-state index in [1.165, 1.54) is 20.2 Å². The maximum absolute atomic E-state index is 12.6. The van der Waals surface area contributed by atoms with E-state index in [0.717, 1.165) is 15.4 Å². The van der Waals surface area contributed by atoms with Gasteiger partial charge in [0, 0.05) is 25.3 Å². The smallest absolute Gasteiger partial charge is 0.339 e. The van der Waals surface area contributed by atoms with Gasteiger partial charge < -0.3 is 10.1 Å². The Bertz CT molecular complexity index is 1060. The van der Waals surface area contributed by atoms with Crippen molar-refractivity contribution in [1.82, 2.24) is 4.31 Å². The van der Waals surface area contributed by atoms with Gasteiger partial charge in [-0.2, -0.15) is 0 Å². The predicted molar refractivity (Wildman–Crippen MR) is 105 cm³/mol. The van der Waals surface area contributed by atoms with Crippen molar-refractivity contribution in [3.05, 3.63) is 58.7 Å². The summed E-state index contributed by atoms with van der Waals surface area (Å²) >= 11 is 0. The Morgan fingerprint density at radius 3 is 2.54 bits per heavy atom. The van der Waals surface area contributed by atoms with Gasteiger partial charge in [-0.05, 0) is 43.2 Å². The van der Waals surface area contributed by atoms with E-state index in [1.807, 2.05) is 6.92 Å². The van der Waals surface area contributed by atoms with Crippen LogP contribution in [0.5, 0.6) is 0 Å². The second-order valence-corrected chi connectivity index (χ2v) is 9.09. The van der Waals surface area contributed by atoms with Gasteiger partial charge >= 0.3 is 5.97 Å². The minimum absolute atomic E-state index is 0.0497. The number of fused-ring (bicyclic) bond motifs is 1. The van der Waals surface area contributed by atoms with Crippen LogP contribution in [0.1, 0.15) is 39.6 Å². The van der Waals surface area contributed by atoms with Crippen molar-refractivity contribution in [3.8, 4) is 0 Å². The molecular weight excluding hydrogens is 380 g/mol. The number of aryl methyl sites for hydroxylation is 1. The summed E-state index contributed by atoms with van der Waals surface area (Å²) in [6.45, 7) is 3.59. The molecule has 0 aromatic heterocycles. The zero-order valence-electron chi connectivity index (χ0n) is 16.1. The van der Waals surface area contributed by atoms with Gasteiger partial charge in [0.05, 0.1) is 16.9 Å². The second kappa shape index (κ2) is 7.37. The van der Waals surface area contributed by atoms with Crippen molar-refractivity contribution in [2.75, 3.05) is 19.4 Å². The number of nitrogens with one attached hydrogen (secondary N) is 1. The highest BCUT2D eigenvalue weighted by Crippen LogP contribution is 2.33. The molecule has 1 aliphatic heterocycles. The van der Waals surface area contributed by atoms with Crippen LogP contribution in [-0.4, -0.2) is 38.7 Å². The summed E-state index contributed by atoms with van der Waals surface area (Å²) in [5.74, 6) is -0.809. The fourth-order valence-corrected chi connectivity index (χ4v) is 4.07. The lowest BCUT2D eigenvalue weighted by Gasteiger charge is -2.17. The number of nitrogens with zero attached hydrogens (tertiary/aromatic N) is 1. The second-order valence-electron chi connectivity index (χ2n) is 6.93. The van der Waals surface area contributed by atoms with Gasteiger partial charge in [-0.25, -0.2) is 17.5 Å². The summed E-state index contributed by atoms with van der Waals surface area (Å²) in [6.07, 6.45) is -0.704. The largest absolute Gasteiger partial charge is 0.453 e. The number of hydrogen-bond acceptors (Lipinski definition) is 5. The van der Waals surface area contributed by atoms with Gasteiger partial charge in [0.25, 0.3) is 0 Å². The summed E-state index contributed by atoms with van der Waals surface area (Å²) < 4.78 is 31.3. The van der Waals surface area contributed by atoms with Crippen molar-refractivity contribution in [2.45, 2.75) is 31.3 Å². The van der Waals surface area contributed by atoms with Gasteiger partial charge in [0.1, 0.15) is 6.10 Å². The third-order valence-electron chi connectivity index (χ3n) is 4.84. The molecule has 3 rings (SSSR count). The zero-order chi connectivity index (χ0) is 20.6. The SMILES string of the molecule is Cc1cc(S(=O)(=O)N(C)C)cc(NC(=O)C[C@H]2OC(=O)c3ccccc32)c1C. The molecule has 0 saturated heterocycles. The average Bonchev–Trinajstić information content (AvgIpc) is 2.94. The first kappa shape index (κ1) is 20.0. The molecule has 2 aromatic carbocycles. The molecule has 0 saturated carbocycles. The summed E-state index contributed by atoms with van der Waals surface area (Å²) in [6, 6.07) is 9.98. The van der Waals surface area contributed by atoms with Crippen LogP contribution in [-0.2, 0) is 19.6 Å². The van der Waals surface area contributed by atoms with Crippen LogP contribution in [0.2, 0.25) is 0 Å². The fourth-order valence-electron chi connectivity index (χ4n) is 3.06. The summed E-state index contributed by atoms with van der Waals surface area (Å²) in [7, 11) is -0.725. The number of sulfonamides is 1. The number of cyclic esters (lactones) is 1. The maximum Gasteiger partial charge on any atom is 0.339 e. The van der Waals surface area contributed by atoms with E-state index in [0.29, 0.717) is 16.8 Å². The number of carbonyl (C=O) groups excluding carboxylic acids is 2. The number of carbonyl (C=O) groups is 2. The topological polar surface area (TPSA) is 92.8 Å². The van der Waals surface area contributed by atoms with E-state index in [1.54, 1.807) is 37.3 Å². The highest BCUT2D eigenvalue weighted by molar-refractivity contribution is 7.89. The molecule has 7 nitrogen and oxygen atoms in total. The molecule has 8 heteroatoms. The van der Waals surface area contributed by atoms with E-state index in [9.17, 15) is 18.0 Å². The monoisotopic (exact) mass is 402 g/mol. The molecule has 0 aliphatic carbocycles. The summed E-state index contributed by atoms with van der Waals surface area (Å²) in [4.78, 5) is 24.6. The summed E-state index contributed by atoms with van der Waals surface area (Å²) in [5, 5.41) is 2.76. The van der Waals surface area contributed by atoms with E-state index in [4.69, 9.17) is 4.74 Å². The van der Waals surface area contributed by atoms with Crippen LogP contribution in [0.25, 0.3) is 0 Å². The lowest BCUT2D eigenvalue weighted by molar-refractivity contribution is -0.118. The van der Waals surface area contributed by atoms with Crippen molar-refractivity contribution < 1.29 is 22.7 Å². The lowest BCUT2D eigenvalue weighted by Crippen LogP contribution is -2.23. The quantitative estimate of drug-likeness (QED) is 0.777. The van der Waals surface area contributed by atoms with Gasteiger partial charge in [0.2, 0.25) is 15.9 Å². The minimum Gasteiger partial charge on any atom is -0.453 e. The molecule has 1 amide bonds. The first-order chi connectivity index (χ1) is 13.1. The number of ether oxygens (including phenoxy) is 1. The van der Waals surface area contributed by atoms with Crippen LogP contribution in [0.4, 0.5) is 5.69 Å². The number of esters is 1. The Morgan fingerprint density at radius 1 is 1.18 bits per heavy atom. The molecular formula is C20H22N2O5S. The number of hydrogen-bond donors (Lipinski definition) is 1. The van der Waals surface area contributed by atoms with Gasteiger partial charge in [0.15, 0.2) is 0 Å². The van der Waals surface area contributed by atoms with Crippen molar-refractivity contribution >= 4 is 27.6 Å². The highest BCUT2D eigenvalue weighted by atomic mass is 32.2. The Hall–Kier alpha value is -2.71. The highest BCUT2D eigenvalue weighted by Gasteiger charge is 2.32. The molecule has 2 aromatic rings. The number of benzene rings is 2. The minimum atomic E-state index is -3.63. The first-order valence-corrected chi connectivity index (χ1v) is 10.2. The Kier molecular flexibility index (Phi) is 5.27. The van der Waals surface area contributed by atoms with Gasteiger partial charge in [-0.1, -0.05) is 18.2 Å². The van der Waals surface area contributed by atoms with Crippen LogP contribution in [0, 0.1) is 13.8 Å². The van der Waals surface area contributed by atoms with E-state index >= 15 is 0 Å². The van der Waals surface area contributed by atoms with E-state index in [-0.39, 0.29) is 17.2 Å². The van der Waals surface area contributed by atoms with Gasteiger partial charge in [-0.3, -0.25) is 4.79 Å². The molecule has 0 fully saturated rings. The van der Waals surface area contributed by atoms with E-state index < -0.39 is 22.1 Å². The van der Waals surface area contributed by atoms with Crippen LogP contribution >= 0.6 is 0 Å². The molecule has 0 radical (unpaired) electrons. The van der Waals surface area contributed by atoms with Crippen molar-refractivity contribution in [1.29, 1.82) is 0 Å². The molecule has 1 aliphatic rings. The molecule has 0 bridgehead atoms. The Balaban J connectivity index is 1.83. The van der Waals surface area contributed by atoms with Crippen LogP contribution < -0.4 is 5.32 Å². The molecule has 0 spiro atoms.